The Bertz CT molecular complexity index is 760. The van der Waals surface area contributed by atoms with Crippen molar-refractivity contribution in [3.05, 3.63) is 58.4 Å². The molecule has 6 heteroatoms. The maximum Gasteiger partial charge on any atom is 0.201 e. The predicted octanol–water partition coefficient (Wildman–Crippen LogP) is 3.78. The number of aldehydes is 1. The average molecular weight is 304 g/mol. The van der Waals surface area contributed by atoms with Crippen LogP contribution in [-0.2, 0) is 6.54 Å². The number of rotatable bonds is 4. The molecule has 0 saturated heterocycles. The molecule has 0 radical (unpaired) electrons. The van der Waals surface area contributed by atoms with Crippen LogP contribution in [0.5, 0.6) is 0 Å². The molecular weight excluding hydrogens is 293 g/mol. The Labute approximate surface area is 125 Å². The number of hydrogen-bond acceptors (Lipinski definition) is 3. The SMILES string of the molecule is O=Cc1ccc(CNc2nc3cc(Cl)c(F)cc3[nH]2)cc1. The summed E-state index contributed by atoms with van der Waals surface area (Å²) in [7, 11) is 0. The first kappa shape index (κ1) is 13.6. The predicted molar refractivity (Wildman–Crippen MR) is 80.2 cm³/mol. The molecular formula is C15H11ClFN3O. The highest BCUT2D eigenvalue weighted by Gasteiger charge is 2.07. The van der Waals surface area contributed by atoms with E-state index in [0.29, 0.717) is 29.1 Å². The normalized spacial score (nSPS) is 10.8. The molecule has 0 aliphatic heterocycles. The molecule has 106 valence electrons. The summed E-state index contributed by atoms with van der Waals surface area (Å²) in [6, 6.07) is 10.0. The molecule has 4 nitrogen and oxygen atoms in total. The first-order chi connectivity index (χ1) is 10.2. The van der Waals surface area contributed by atoms with E-state index in [2.05, 4.69) is 15.3 Å². The van der Waals surface area contributed by atoms with Gasteiger partial charge in [0.1, 0.15) is 12.1 Å². The van der Waals surface area contributed by atoms with Gasteiger partial charge in [-0.15, -0.1) is 0 Å². The number of hydrogen-bond donors (Lipinski definition) is 2. The van der Waals surface area contributed by atoms with E-state index in [1.165, 1.54) is 12.1 Å². The topological polar surface area (TPSA) is 57.8 Å². The van der Waals surface area contributed by atoms with Crippen molar-refractivity contribution < 1.29 is 9.18 Å². The van der Waals surface area contributed by atoms with Crippen LogP contribution < -0.4 is 5.32 Å². The average Bonchev–Trinajstić information content (AvgIpc) is 2.88. The number of nitrogens with one attached hydrogen (secondary N) is 2. The Morgan fingerprint density at radius 1 is 1.29 bits per heavy atom. The largest absolute Gasteiger partial charge is 0.352 e. The fourth-order valence-electron chi connectivity index (χ4n) is 1.99. The summed E-state index contributed by atoms with van der Waals surface area (Å²) < 4.78 is 13.4. The van der Waals surface area contributed by atoms with Crippen LogP contribution in [0.2, 0.25) is 5.02 Å². The Hall–Kier alpha value is -2.40. The molecule has 0 amide bonds. The number of nitrogens with zero attached hydrogens (tertiary/aromatic N) is 1. The van der Waals surface area contributed by atoms with Gasteiger partial charge in [-0.2, -0.15) is 0 Å². The van der Waals surface area contributed by atoms with E-state index in [1.54, 1.807) is 12.1 Å². The number of H-pyrrole nitrogens is 1. The Kier molecular flexibility index (Phi) is 3.58. The molecule has 1 aromatic heterocycles. The molecule has 0 aliphatic rings. The van der Waals surface area contributed by atoms with Crippen LogP contribution in [0, 0.1) is 5.82 Å². The third-order valence-corrected chi connectivity index (χ3v) is 3.39. The van der Waals surface area contributed by atoms with Gasteiger partial charge in [0.05, 0.1) is 16.1 Å². The molecule has 0 bridgehead atoms. The molecule has 2 N–H and O–H groups in total. The lowest BCUT2D eigenvalue weighted by Crippen LogP contribution is -2.00. The zero-order chi connectivity index (χ0) is 14.8. The van der Waals surface area contributed by atoms with Crippen molar-refractivity contribution in [2.45, 2.75) is 6.54 Å². The summed E-state index contributed by atoms with van der Waals surface area (Å²) in [5, 5.41) is 3.15. The van der Waals surface area contributed by atoms with Gasteiger partial charge in [-0.3, -0.25) is 4.79 Å². The second-order valence-corrected chi connectivity index (χ2v) is 4.99. The van der Waals surface area contributed by atoms with Crippen LogP contribution in [0.1, 0.15) is 15.9 Å². The minimum atomic E-state index is -0.483. The number of fused-ring (bicyclic) bond motifs is 1. The Morgan fingerprint density at radius 3 is 2.76 bits per heavy atom. The quantitative estimate of drug-likeness (QED) is 0.721. The molecule has 3 aromatic rings. The van der Waals surface area contributed by atoms with Crippen molar-refractivity contribution >= 4 is 34.9 Å². The van der Waals surface area contributed by atoms with Crippen molar-refractivity contribution in [1.29, 1.82) is 0 Å². The standard InChI is InChI=1S/C15H11ClFN3O/c16-11-5-13-14(6-12(11)17)20-15(19-13)18-7-9-1-3-10(8-21)4-2-9/h1-6,8H,7H2,(H2,18,19,20). The van der Waals surface area contributed by atoms with E-state index < -0.39 is 5.82 Å². The highest BCUT2D eigenvalue weighted by Crippen LogP contribution is 2.22. The van der Waals surface area contributed by atoms with Gasteiger partial charge >= 0.3 is 0 Å². The van der Waals surface area contributed by atoms with E-state index >= 15 is 0 Å². The van der Waals surface area contributed by atoms with Gasteiger partial charge in [0.2, 0.25) is 5.95 Å². The van der Waals surface area contributed by atoms with E-state index in [-0.39, 0.29) is 5.02 Å². The van der Waals surface area contributed by atoms with Crippen molar-refractivity contribution in [2.24, 2.45) is 0 Å². The fourth-order valence-corrected chi connectivity index (χ4v) is 2.15. The molecule has 21 heavy (non-hydrogen) atoms. The molecule has 3 rings (SSSR count). The molecule has 0 atom stereocenters. The number of anilines is 1. The highest BCUT2D eigenvalue weighted by molar-refractivity contribution is 6.31. The minimum absolute atomic E-state index is 0.0463. The van der Waals surface area contributed by atoms with Crippen LogP contribution in [0.4, 0.5) is 10.3 Å². The monoisotopic (exact) mass is 303 g/mol. The number of halogens is 2. The van der Waals surface area contributed by atoms with Gasteiger partial charge in [0, 0.05) is 18.2 Å². The van der Waals surface area contributed by atoms with Gasteiger partial charge in [0.25, 0.3) is 0 Å². The first-order valence-corrected chi connectivity index (χ1v) is 6.66. The Balaban J connectivity index is 1.76. The molecule has 0 unspecified atom stereocenters. The van der Waals surface area contributed by atoms with E-state index in [1.807, 2.05) is 12.1 Å². The van der Waals surface area contributed by atoms with E-state index in [0.717, 1.165) is 11.8 Å². The molecule has 0 spiro atoms. The van der Waals surface area contributed by atoms with Crippen LogP contribution in [-0.4, -0.2) is 16.3 Å². The number of carbonyl (C=O) groups is 1. The number of aromatic amines is 1. The fraction of sp³-hybridized carbons (Fsp3) is 0.0667. The third kappa shape index (κ3) is 2.87. The van der Waals surface area contributed by atoms with Crippen molar-refractivity contribution in [3.63, 3.8) is 0 Å². The van der Waals surface area contributed by atoms with Crippen LogP contribution in [0.25, 0.3) is 11.0 Å². The lowest BCUT2D eigenvalue weighted by Gasteiger charge is -2.02. The van der Waals surface area contributed by atoms with Crippen LogP contribution >= 0.6 is 11.6 Å². The molecule has 2 aromatic carbocycles. The van der Waals surface area contributed by atoms with Crippen LogP contribution in [0.3, 0.4) is 0 Å². The summed E-state index contributed by atoms with van der Waals surface area (Å²) in [5.41, 5.74) is 2.81. The zero-order valence-electron chi connectivity index (χ0n) is 10.9. The number of benzene rings is 2. The van der Waals surface area contributed by atoms with E-state index in [4.69, 9.17) is 11.6 Å². The lowest BCUT2D eigenvalue weighted by atomic mass is 10.1. The van der Waals surface area contributed by atoms with Gasteiger partial charge in [-0.1, -0.05) is 35.9 Å². The minimum Gasteiger partial charge on any atom is -0.352 e. The summed E-state index contributed by atoms with van der Waals surface area (Å²) in [4.78, 5) is 17.8. The maximum atomic E-state index is 13.4. The highest BCUT2D eigenvalue weighted by atomic mass is 35.5. The third-order valence-electron chi connectivity index (χ3n) is 3.10. The molecule has 1 heterocycles. The van der Waals surface area contributed by atoms with Crippen LogP contribution in [0.15, 0.2) is 36.4 Å². The summed E-state index contributed by atoms with van der Waals surface area (Å²) >= 11 is 5.72. The van der Waals surface area contributed by atoms with E-state index in [9.17, 15) is 9.18 Å². The smallest absolute Gasteiger partial charge is 0.201 e. The molecule has 0 fully saturated rings. The maximum absolute atomic E-state index is 13.4. The van der Waals surface area contributed by atoms with Gasteiger partial charge < -0.3 is 10.3 Å². The number of imidazole rings is 1. The second kappa shape index (κ2) is 5.54. The van der Waals surface area contributed by atoms with Gasteiger partial charge in [0.15, 0.2) is 0 Å². The molecule has 0 aliphatic carbocycles. The molecule has 0 saturated carbocycles. The Morgan fingerprint density at radius 2 is 2.05 bits per heavy atom. The summed E-state index contributed by atoms with van der Waals surface area (Å²) in [6.45, 7) is 0.537. The van der Waals surface area contributed by atoms with Gasteiger partial charge in [-0.25, -0.2) is 9.37 Å². The first-order valence-electron chi connectivity index (χ1n) is 6.28. The second-order valence-electron chi connectivity index (χ2n) is 4.58. The lowest BCUT2D eigenvalue weighted by molar-refractivity contribution is 0.112. The number of aromatic nitrogens is 2. The zero-order valence-corrected chi connectivity index (χ0v) is 11.6. The summed E-state index contributed by atoms with van der Waals surface area (Å²) in [6.07, 6.45) is 0.800. The van der Waals surface area contributed by atoms with Crippen molar-refractivity contribution in [3.8, 4) is 0 Å². The van der Waals surface area contributed by atoms with Gasteiger partial charge in [-0.05, 0) is 11.6 Å². The van der Waals surface area contributed by atoms with Crippen molar-refractivity contribution in [1.82, 2.24) is 9.97 Å². The number of carbonyl (C=O) groups excluding carboxylic acids is 1. The van der Waals surface area contributed by atoms with Crippen molar-refractivity contribution in [2.75, 3.05) is 5.32 Å². The summed E-state index contributed by atoms with van der Waals surface area (Å²) in [5.74, 6) is 0.0509.